The van der Waals surface area contributed by atoms with Crippen molar-refractivity contribution in [1.82, 2.24) is 52.4 Å². The Morgan fingerprint density at radius 2 is 0.973 bits per heavy atom. The summed E-state index contributed by atoms with van der Waals surface area (Å²) in [7, 11) is 0. The Balaban J connectivity index is 1.07. The van der Waals surface area contributed by atoms with Crippen LogP contribution in [0.15, 0.2) is 200 Å². The number of rotatable bonds is 34. The molecule has 0 saturated carbocycles. The molecule has 10 N–H and O–H groups in total. The van der Waals surface area contributed by atoms with Crippen LogP contribution in [0.2, 0.25) is 0 Å². The van der Waals surface area contributed by atoms with E-state index in [2.05, 4.69) is 47.9 Å². The summed E-state index contributed by atoms with van der Waals surface area (Å²) in [4.78, 5) is 158. The number of aliphatic carboxylic acids is 1. The van der Waals surface area contributed by atoms with Crippen LogP contribution < -0.4 is 47.9 Å². The van der Waals surface area contributed by atoms with E-state index in [1.54, 1.807) is 117 Å². The zero-order chi connectivity index (χ0) is 79.4. The molecule has 0 spiro atoms. The molecule has 7 aromatic carbocycles. The fourth-order valence-electron chi connectivity index (χ4n) is 13.7. The van der Waals surface area contributed by atoms with Crippen molar-refractivity contribution in [2.75, 3.05) is 13.2 Å². The van der Waals surface area contributed by atoms with Gasteiger partial charge in [0.25, 0.3) is 0 Å². The van der Waals surface area contributed by atoms with Gasteiger partial charge in [-0.2, -0.15) is 0 Å². The average molecular weight is 1500 g/mol. The second-order valence-corrected chi connectivity index (χ2v) is 29.6. The SMILES string of the molecule is CC[C@H](C)[C@H](NC(=O)[C@H](CC(C)C)NC(=O)[C@H](Cc1cn(C(=O)OC(C)(C)C)c2ccccc12)NC(=O)[C@H](CCC(=O)NC(c1ccccc1)(c1ccccc1)c1ccccc1)NC(=O)[C@@H](NC(=O)[C@H](Cc1ccccc1)NC(=O)OCC1c2ccccc2-c2ccccc21)C(C)C)C(=O)N[C@@H](C)C(=O)NCC(=O)O. The van der Waals surface area contributed by atoms with E-state index in [1.807, 2.05) is 140 Å². The van der Waals surface area contributed by atoms with Gasteiger partial charge >= 0.3 is 18.2 Å². The number of carboxylic acids is 1. The molecule has 0 unspecified atom stereocenters. The van der Waals surface area contributed by atoms with E-state index >= 15 is 24.0 Å². The zero-order valence-electron chi connectivity index (χ0n) is 63.8. The molecule has 1 aliphatic carbocycles. The summed E-state index contributed by atoms with van der Waals surface area (Å²) in [5.41, 5.74) is 5.22. The molecule has 1 heterocycles. The summed E-state index contributed by atoms with van der Waals surface area (Å²) in [5, 5.41) is 34.7. The molecule has 24 heteroatoms. The number of alkyl carbamates (subject to hydrolysis) is 1. The van der Waals surface area contributed by atoms with Gasteiger partial charge in [-0.05, 0) is 114 Å². The van der Waals surface area contributed by atoms with E-state index in [0.29, 0.717) is 45.1 Å². The Labute approximate surface area is 641 Å². The van der Waals surface area contributed by atoms with Crippen molar-refractivity contribution in [3.05, 3.63) is 239 Å². The summed E-state index contributed by atoms with van der Waals surface area (Å²) >= 11 is 0. The van der Waals surface area contributed by atoms with Crippen LogP contribution in [0.25, 0.3) is 22.0 Å². The first-order valence-corrected chi connectivity index (χ1v) is 37.3. The second kappa shape index (κ2) is 37.7. The third kappa shape index (κ3) is 21.3. The van der Waals surface area contributed by atoms with Crippen molar-refractivity contribution < 1.29 is 67.3 Å². The third-order valence-electron chi connectivity index (χ3n) is 19.5. The molecule has 578 valence electrons. The van der Waals surface area contributed by atoms with E-state index < -0.39 is 150 Å². The number of hydrogen-bond donors (Lipinski definition) is 10. The number of carbonyl (C=O) groups is 11. The van der Waals surface area contributed by atoms with E-state index in [4.69, 9.17) is 9.47 Å². The number of nitrogens with one attached hydrogen (secondary N) is 9. The maximum Gasteiger partial charge on any atom is 0.419 e. The minimum Gasteiger partial charge on any atom is -0.480 e. The monoisotopic (exact) mass is 1500 g/mol. The zero-order valence-corrected chi connectivity index (χ0v) is 63.8. The molecule has 9 rings (SSSR count). The van der Waals surface area contributed by atoms with Crippen molar-refractivity contribution in [1.29, 1.82) is 0 Å². The largest absolute Gasteiger partial charge is 0.480 e. The second-order valence-electron chi connectivity index (χ2n) is 29.6. The minimum absolute atomic E-state index is 0.0149. The number of para-hydroxylation sites is 1. The first-order valence-electron chi connectivity index (χ1n) is 37.3. The molecule has 8 atom stereocenters. The van der Waals surface area contributed by atoms with Crippen LogP contribution in [0.4, 0.5) is 9.59 Å². The van der Waals surface area contributed by atoms with Crippen LogP contribution >= 0.6 is 0 Å². The lowest BCUT2D eigenvalue weighted by Crippen LogP contribution is -2.61. The molecular weight excluding hydrogens is 1400 g/mol. The van der Waals surface area contributed by atoms with Gasteiger partial charge in [-0.25, -0.2) is 9.59 Å². The molecule has 0 radical (unpaired) electrons. The van der Waals surface area contributed by atoms with Crippen LogP contribution in [-0.2, 0) is 71.0 Å². The summed E-state index contributed by atoms with van der Waals surface area (Å²) in [6.07, 6.45) is -1.11. The molecule has 0 fully saturated rings. The van der Waals surface area contributed by atoms with E-state index in [9.17, 15) is 33.9 Å². The molecule has 1 aromatic heterocycles. The van der Waals surface area contributed by atoms with E-state index in [-0.39, 0.29) is 37.7 Å². The number of carbonyl (C=O) groups excluding carboxylic acids is 10. The van der Waals surface area contributed by atoms with Gasteiger partial charge in [-0.15, -0.1) is 0 Å². The molecule has 110 heavy (non-hydrogen) atoms. The lowest BCUT2D eigenvalue weighted by atomic mass is 9.77. The standard InChI is InChI=1S/C86H100N10O14/c1-11-54(6)75(82(106)88-55(7)76(100)87-49-73(98)99)94-79(103)68(46-52(2)3)90-78(102)70(48-57-50-96(84(108)110-85(8,9)10)71-43-29-28-38-61(57)71)91-77(101)67(44-45-72(97)95-86(58-32-18-13-19-33-58,59-34-20-14-21-35-59)60-36-22-15-23-37-60)89-81(105)74(53(4)5)93-80(104)69(47-56-30-16-12-17-31-56)92-83(107)109-51-66-64-41-26-24-39-62(64)63-40-25-27-42-65(63)66/h12-43,50,52-55,66-70,74-75H,11,44-49,51H2,1-10H3,(H,87,100)(H,88,106)(H,89,105)(H,90,102)(H,91,101)(H,92,107)(H,93,104)(H,94,103)(H,95,97)(H,98,99)/t54-,55-,67-,68-,69-,70-,74-,75-/m0/s1. The molecule has 8 aromatic rings. The highest BCUT2D eigenvalue weighted by Crippen LogP contribution is 2.45. The van der Waals surface area contributed by atoms with Crippen LogP contribution in [0.1, 0.15) is 140 Å². The van der Waals surface area contributed by atoms with E-state index in [0.717, 1.165) is 22.3 Å². The summed E-state index contributed by atoms with van der Waals surface area (Å²) in [6, 6.07) is 49.5. The lowest BCUT2D eigenvalue weighted by molar-refractivity contribution is -0.138. The number of benzene rings is 7. The van der Waals surface area contributed by atoms with Crippen LogP contribution in [-0.4, -0.2) is 136 Å². The van der Waals surface area contributed by atoms with Gasteiger partial charge in [0.2, 0.25) is 47.3 Å². The molecule has 0 saturated heterocycles. The molecule has 24 nitrogen and oxygen atoms in total. The first-order chi connectivity index (χ1) is 52.5. The van der Waals surface area contributed by atoms with E-state index in [1.165, 1.54) is 17.7 Å². The number of ether oxygens (including phenoxy) is 2. The smallest absolute Gasteiger partial charge is 0.419 e. The van der Waals surface area contributed by atoms with Crippen molar-refractivity contribution in [2.45, 2.75) is 167 Å². The maximum absolute atomic E-state index is 15.9. The number of aromatic nitrogens is 1. The molecular formula is C86H100N10O14. The molecule has 1 aliphatic rings. The summed E-state index contributed by atoms with van der Waals surface area (Å²) < 4.78 is 13.0. The fraction of sp³-hybridized carbons (Fsp3) is 0.360. The van der Waals surface area contributed by atoms with Gasteiger partial charge in [0, 0.05) is 36.8 Å². The van der Waals surface area contributed by atoms with Crippen molar-refractivity contribution in [3.63, 3.8) is 0 Å². The summed E-state index contributed by atoms with van der Waals surface area (Å²) in [5.74, 6) is -9.66. The molecule has 0 bridgehead atoms. The average Bonchev–Trinajstić information content (AvgIpc) is 0.840. The Morgan fingerprint density at radius 3 is 1.52 bits per heavy atom. The third-order valence-corrected chi connectivity index (χ3v) is 19.5. The predicted molar refractivity (Wildman–Crippen MR) is 418 cm³/mol. The van der Waals surface area contributed by atoms with Crippen LogP contribution in [0.5, 0.6) is 0 Å². The van der Waals surface area contributed by atoms with Crippen LogP contribution in [0, 0.1) is 17.8 Å². The first kappa shape index (κ1) is 82.1. The maximum atomic E-state index is 15.9. The number of carboxylic acid groups (broad SMARTS) is 1. The minimum atomic E-state index is -1.69. The van der Waals surface area contributed by atoms with Gasteiger partial charge in [-0.3, -0.25) is 47.7 Å². The highest BCUT2D eigenvalue weighted by Gasteiger charge is 2.41. The number of amides is 9. The van der Waals surface area contributed by atoms with Gasteiger partial charge < -0.3 is 62.4 Å². The number of fused-ring (bicyclic) bond motifs is 4. The predicted octanol–water partition coefficient (Wildman–Crippen LogP) is 9.88. The molecule has 9 amide bonds. The van der Waals surface area contributed by atoms with Crippen LogP contribution in [0.3, 0.4) is 0 Å². The van der Waals surface area contributed by atoms with Gasteiger partial charge in [0.05, 0.1) is 5.52 Å². The summed E-state index contributed by atoms with van der Waals surface area (Å²) in [6.45, 7) is 16.1. The Kier molecular flexibility index (Phi) is 28.2. The van der Waals surface area contributed by atoms with Crippen molar-refractivity contribution in [3.8, 4) is 11.1 Å². The topological polar surface area (TPSA) is 340 Å². The highest BCUT2D eigenvalue weighted by molar-refractivity contribution is 5.99. The number of hydrogen-bond acceptors (Lipinski definition) is 13. The van der Waals surface area contributed by atoms with Gasteiger partial charge in [0.15, 0.2) is 0 Å². The van der Waals surface area contributed by atoms with Gasteiger partial charge in [0.1, 0.15) is 66.6 Å². The Bertz CT molecular complexity index is 4420. The van der Waals surface area contributed by atoms with Crippen molar-refractivity contribution in [2.24, 2.45) is 17.8 Å². The van der Waals surface area contributed by atoms with Crippen molar-refractivity contribution >= 4 is 76.3 Å². The molecule has 0 aliphatic heterocycles. The lowest BCUT2D eigenvalue weighted by Gasteiger charge is -2.37. The Morgan fingerprint density at radius 1 is 0.500 bits per heavy atom. The highest BCUT2D eigenvalue weighted by atomic mass is 16.6. The van der Waals surface area contributed by atoms with Gasteiger partial charge in [-0.1, -0.05) is 236 Å². The number of nitrogens with zero attached hydrogens (tertiary/aromatic N) is 1. The normalized spacial score (nSPS) is 14.1. The Hall–Kier alpha value is -12.0. The fourth-order valence-corrected chi connectivity index (χ4v) is 13.7. The quantitative estimate of drug-likeness (QED) is 0.0168.